The molecule has 1 saturated heterocycles. The Bertz CT molecular complexity index is 1210. The molecule has 0 spiro atoms. The van der Waals surface area contributed by atoms with Gasteiger partial charge in [0.1, 0.15) is 5.75 Å². The number of nitrogens with one attached hydrogen (secondary N) is 1. The Morgan fingerprint density at radius 2 is 1.59 bits per heavy atom. The first-order valence-corrected chi connectivity index (χ1v) is 13.5. The van der Waals surface area contributed by atoms with E-state index in [0.717, 1.165) is 29.4 Å². The standard InChI is InChI=1S/C30H35N3O3S/c1-30(2,3)23-8-14-27(15-9-23)37-21-28(34)31-24-10-12-25(13-11-24)32-16-18-33(19-17-32)29(35)22-6-5-7-26(20-22)36-4/h5-15,20H,16-19,21H2,1-4H3,(H,31,34). The maximum atomic E-state index is 12.9. The van der Waals surface area contributed by atoms with E-state index < -0.39 is 0 Å². The summed E-state index contributed by atoms with van der Waals surface area (Å²) in [5.41, 5.74) is 3.91. The number of methoxy groups -OCH3 is 1. The van der Waals surface area contributed by atoms with E-state index in [1.54, 1.807) is 13.2 Å². The molecule has 0 bridgehead atoms. The zero-order valence-corrected chi connectivity index (χ0v) is 22.8. The van der Waals surface area contributed by atoms with Gasteiger partial charge in [0.25, 0.3) is 5.91 Å². The normalized spacial score (nSPS) is 13.8. The Labute approximate surface area is 224 Å². The second kappa shape index (κ2) is 11.7. The summed E-state index contributed by atoms with van der Waals surface area (Å²) in [6, 6.07) is 23.6. The largest absolute Gasteiger partial charge is 0.497 e. The van der Waals surface area contributed by atoms with Gasteiger partial charge in [0.2, 0.25) is 5.91 Å². The maximum Gasteiger partial charge on any atom is 0.254 e. The van der Waals surface area contributed by atoms with Crippen molar-refractivity contribution in [3.05, 3.63) is 83.9 Å². The zero-order valence-electron chi connectivity index (χ0n) is 22.0. The predicted octanol–water partition coefficient (Wildman–Crippen LogP) is 5.69. The first kappa shape index (κ1) is 26.6. The average molecular weight is 518 g/mol. The monoisotopic (exact) mass is 517 g/mol. The average Bonchev–Trinajstić information content (AvgIpc) is 2.92. The Balaban J connectivity index is 1.24. The van der Waals surface area contributed by atoms with E-state index in [4.69, 9.17) is 4.74 Å². The van der Waals surface area contributed by atoms with Gasteiger partial charge < -0.3 is 19.9 Å². The van der Waals surface area contributed by atoms with E-state index in [9.17, 15) is 9.59 Å². The fraction of sp³-hybridized carbons (Fsp3) is 0.333. The first-order valence-electron chi connectivity index (χ1n) is 12.5. The lowest BCUT2D eigenvalue weighted by molar-refractivity contribution is -0.113. The number of carbonyl (C=O) groups excluding carboxylic acids is 2. The SMILES string of the molecule is COc1cccc(C(=O)N2CCN(c3ccc(NC(=O)CSc4ccc(C(C)(C)C)cc4)cc3)CC2)c1. The van der Waals surface area contributed by atoms with Crippen LogP contribution in [0.5, 0.6) is 5.75 Å². The van der Waals surface area contributed by atoms with Crippen molar-refractivity contribution < 1.29 is 14.3 Å². The van der Waals surface area contributed by atoms with Gasteiger partial charge in [-0.05, 0) is 65.6 Å². The van der Waals surface area contributed by atoms with Crippen LogP contribution in [0.25, 0.3) is 0 Å². The zero-order chi connectivity index (χ0) is 26.4. The van der Waals surface area contributed by atoms with Gasteiger partial charge in [0, 0.05) is 48.0 Å². The van der Waals surface area contributed by atoms with Crippen LogP contribution in [-0.2, 0) is 10.2 Å². The van der Waals surface area contributed by atoms with E-state index in [1.165, 1.54) is 17.3 Å². The molecule has 0 unspecified atom stereocenters. The number of nitrogens with zero attached hydrogens (tertiary/aromatic N) is 2. The molecule has 2 amide bonds. The molecule has 6 nitrogen and oxygen atoms in total. The summed E-state index contributed by atoms with van der Waals surface area (Å²) in [7, 11) is 1.60. The van der Waals surface area contributed by atoms with Crippen LogP contribution in [0.3, 0.4) is 0 Å². The number of ether oxygens (including phenoxy) is 1. The minimum absolute atomic E-state index is 0.0256. The van der Waals surface area contributed by atoms with Crippen molar-refractivity contribution in [1.29, 1.82) is 0 Å². The van der Waals surface area contributed by atoms with Crippen molar-refractivity contribution in [2.45, 2.75) is 31.1 Å². The van der Waals surface area contributed by atoms with Gasteiger partial charge >= 0.3 is 0 Å². The summed E-state index contributed by atoms with van der Waals surface area (Å²) >= 11 is 1.54. The molecule has 1 fully saturated rings. The predicted molar refractivity (Wildman–Crippen MR) is 152 cm³/mol. The number of benzene rings is 3. The highest BCUT2D eigenvalue weighted by atomic mass is 32.2. The number of anilines is 2. The molecule has 37 heavy (non-hydrogen) atoms. The van der Waals surface area contributed by atoms with Gasteiger partial charge in [-0.15, -0.1) is 11.8 Å². The molecule has 194 valence electrons. The van der Waals surface area contributed by atoms with Crippen LogP contribution in [-0.4, -0.2) is 55.8 Å². The molecule has 1 heterocycles. The van der Waals surface area contributed by atoms with E-state index >= 15 is 0 Å². The topological polar surface area (TPSA) is 61.9 Å². The minimum atomic E-state index is -0.0256. The number of thioether (sulfide) groups is 1. The van der Waals surface area contributed by atoms with E-state index in [1.807, 2.05) is 47.4 Å². The van der Waals surface area contributed by atoms with E-state index in [0.29, 0.717) is 30.2 Å². The van der Waals surface area contributed by atoms with Gasteiger partial charge in [0.05, 0.1) is 12.9 Å². The van der Waals surface area contributed by atoms with Crippen molar-refractivity contribution in [1.82, 2.24) is 4.90 Å². The van der Waals surface area contributed by atoms with Crippen LogP contribution < -0.4 is 15.0 Å². The summed E-state index contributed by atoms with van der Waals surface area (Å²) in [5, 5.41) is 2.99. The van der Waals surface area contributed by atoms with Crippen molar-refractivity contribution >= 4 is 35.0 Å². The fourth-order valence-corrected chi connectivity index (χ4v) is 4.96. The number of piperazine rings is 1. The summed E-state index contributed by atoms with van der Waals surface area (Å²) in [6.07, 6.45) is 0. The van der Waals surface area contributed by atoms with Crippen molar-refractivity contribution in [3.8, 4) is 5.75 Å². The molecule has 0 aliphatic carbocycles. The quantitative estimate of drug-likeness (QED) is 0.408. The Hall–Kier alpha value is -3.45. The number of hydrogen-bond acceptors (Lipinski definition) is 5. The summed E-state index contributed by atoms with van der Waals surface area (Å²) < 4.78 is 5.24. The van der Waals surface area contributed by atoms with Crippen LogP contribution in [0, 0.1) is 0 Å². The molecule has 0 radical (unpaired) electrons. The van der Waals surface area contributed by atoms with Crippen LogP contribution >= 0.6 is 11.8 Å². The Kier molecular flexibility index (Phi) is 8.44. The second-order valence-electron chi connectivity index (χ2n) is 10.2. The molecular weight excluding hydrogens is 482 g/mol. The molecule has 1 N–H and O–H groups in total. The molecule has 0 aromatic heterocycles. The third-order valence-corrected chi connectivity index (χ3v) is 7.50. The molecule has 3 aromatic rings. The van der Waals surface area contributed by atoms with Gasteiger partial charge in [-0.2, -0.15) is 0 Å². The molecule has 7 heteroatoms. The third-order valence-electron chi connectivity index (χ3n) is 6.49. The van der Waals surface area contributed by atoms with Gasteiger partial charge in [-0.3, -0.25) is 9.59 Å². The van der Waals surface area contributed by atoms with Gasteiger partial charge in [-0.1, -0.05) is 39.0 Å². The number of hydrogen-bond donors (Lipinski definition) is 1. The molecule has 0 saturated carbocycles. The lowest BCUT2D eigenvalue weighted by Gasteiger charge is -2.36. The molecule has 1 aliphatic heterocycles. The van der Waals surface area contributed by atoms with Crippen molar-refractivity contribution in [3.63, 3.8) is 0 Å². The lowest BCUT2D eigenvalue weighted by atomic mass is 9.87. The van der Waals surface area contributed by atoms with Gasteiger partial charge in [0.15, 0.2) is 0 Å². The lowest BCUT2D eigenvalue weighted by Crippen LogP contribution is -2.48. The van der Waals surface area contributed by atoms with Crippen LogP contribution in [0.2, 0.25) is 0 Å². The highest BCUT2D eigenvalue weighted by molar-refractivity contribution is 8.00. The van der Waals surface area contributed by atoms with Crippen LogP contribution in [0.4, 0.5) is 11.4 Å². The molecular formula is C30H35N3O3S. The third kappa shape index (κ3) is 7.07. The first-order chi connectivity index (χ1) is 17.7. The second-order valence-corrected chi connectivity index (χ2v) is 11.2. The maximum absolute atomic E-state index is 12.9. The fourth-order valence-electron chi connectivity index (χ4n) is 4.26. The molecule has 1 aliphatic rings. The number of rotatable bonds is 7. The Morgan fingerprint density at radius 1 is 0.919 bits per heavy atom. The smallest absolute Gasteiger partial charge is 0.254 e. The van der Waals surface area contributed by atoms with Crippen LogP contribution in [0.1, 0.15) is 36.7 Å². The summed E-state index contributed by atoms with van der Waals surface area (Å²) in [6.45, 7) is 9.40. The Morgan fingerprint density at radius 3 is 2.22 bits per heavy atom. The molecule has 3 aromatic carbocycles. The number of amides is 2. The summed E-state index contributed by atoms with van der Waals surface area (Å²) in [4.78, 5) is 30.6. The van der Waals surface area contributed by atoms with Crippen molar-refractivity contribution in [2.75, 3.05) is 49.3 Å². The van der Waals surface area contributed by atoms with E-state index in [-0.39, 0.29) is 17.2 Å². The number of carbonyl (C=O) groups is 2. The van der Waals surface area contributed by atoms with Crippen LogP contribution in [0.15, 0.2) is 77.7 Å². The molecule has 4 rings (SSSR count). The highest BCUT2D eigenvalue weighted by Gasteiger charge is 2.22. The molecule has 0 atom stereocenters. The highest BCUT2D eigenvalue weighted by Crippen LogP contribution is 2.26. The van der Waals surface area contributed by atoms with E-state index in [2.05, 4.69) is 55.3 Å². The van der Waals surface area contributed by atoms with Gasteiger partial charge in [-0.25, -0.2) is 0 Å². The minimum Gasteiger partial charge on any atom is -0.497 e. The van der Waals surface area contributed by atoms with Crippen molar-refractivity contribution in [2.24, 2.45) is 0 Å². The summed E-state index contributed by atoms with van der Waals surface area (Å²) in [5.74, 6) is 1.05.